The third-order valence-electron chi connectivity index (χ3n) is 2.73. The summed E-state index contributed by atoms with van der Waals surface area (Å²) in [7, 11) is 0. The molecule has 2 rings (SSSR count). The maximum absolute atomic E-state index is 12.1. The molecule has 2 aromatic carbocycles. The molecule has 2 nitrogen and oxygen atoms in total. The number of benzene rings is 2. The lowest BCUT2D eigenvalue weighted by Gasteiger charge is -2.09. The lowest BCUT2D eigenvalue weighted by Crippen LogP contribution is -2.12. The molecule has 0 amide bonds. The summed E-state index contributed by atoms with van der Waals surface area (Å²) in [5, 5.41) is 0.829. The van der Waals surface area contributed by atoms with E-state index in [2.05, 4.69) is 15.9 Å². The molecule has 0 aliphatic heterocycles. The average molecular weight is 374 g/mol. The van der Waals surface area contributed by atoms with Crippen LogP contribution < -0.4 is 4.74 Å². The number of ether oxygens (including phenoxy) is 1. The van der Waals surface area contributed by atoms with E-state index in [1.807, 2.05) is 25.1 Å². The van der Waals surface area contributed by atoms with Crippen molar-refractivity contribution in [3.63, 3.8) is 0 Å². The fraction of sp³-hybridized carbons (Fsp3) is 0.133. The molecule has 0 bridgehead atoms. The molecular formula is C15H11BrCl2O2. The summed E-state index contributed by atoms with van der Waals surface area (Å²) in [5.74, 6) is 0.487. The largest absolute Gasteiger partial charge is 0.485 e. The minimum Gasteiger partial charge on any atom is -0.485 e. The lowest BCUT2D eigenvalue weighted by atomic mass is 10.1. The fourth-order valence-electron chi connectivity index (χ4n) is 1.71. The second-order valence-corrected chi connectivity index (χ2v) is 6.01. The third kappa shape index (κ3) is 3.75. The first-order chi connectivity index (χ1) is 9.47. The number of ketones is 1. The van der Waals surface area contributed by atoms with Gasteiger partial charge < -0.3 is 4.74 Å². The van der Waals surface area contributed by atoms with Crippen molar-refractivity contribution in [1.82, 2.24) is 0 Å². The van der Waals surface area contributed by atoms with E-state index in [9.17, 15) is 4.79 Å². The molecule has 5 heteroatoms. The van der Waals surface area contributed by atoms with Gasteiger partial charge in [0.25, 0.3) is 0 Å². The molecule has 0 saturated carbocycles. The number of halogens is 3. The molecule has 0 N–H and O–H groups in total. The molecule has 104 valence electrons. The Balaban J connectivity index is 2.08. The molecule has 0 aliphatic carbocycles. The molecular weight excluding hydrogens is 363 g/mol. The summed E-state index contributed by atoms with van der Waals surface area (Å²) in [6.45, 7) is 1.85. The van der Waals surface area contributed by atoms with Crippen LogP contribution in [-0.2, 0) is 0 Å². The highest BCUT2D eigenvalue weighted by Gasteiger charge is 2.12. The fourth-order valence-corrected chi connectivity index (χ4v) is 2.70. The van der Waals surface area contributed by atoms with E-state index in [-0.39, 0.29) is 12.4 Å². The van der Waals surface area contributed by atoms with Crippen LogP contribution in [0.15, 0.2) is 40.9 Å². The predicted octanol–water partition coefficient (Wildman–Crippen LogP) is 5.33. The Labute approximate surface area is 135 Å². The molecule has 0 aromatic heterocycles. The van der Waals surface area contributed by atoms with Crippen LogP contribution in [0.3, 0.4) is 0 Å². The van der Waals surface area contributed by atoms with E-state index in [1.165, 1.54) is 0 Å². The maximum atomic E-state index is 12.1. The molecule has 0 spiro atoms. The molecule has 2 aromatic rings. The van der Waals surface area contributed by atoms with Crippen molar-refractivity contribution in [1.29, 1.82) is 0 Å². The van der Waals surface area contributed by atoms with Crippen LogP contribution in [0.2, 0.25) is 10.0 Å². The quantitative estimate of drug-likeness (QED) is 0.677. The third-order valence-corrected chi connectivity index (χ3v) is 3.77. The highest BCUT2D eigenvalue weighted by atomic mass is 79.9. The van der Waals surface area contributed by atoms with Crippen molar-refractivity contribution >= 4 is 44.9 Å². The second-order valence-electron chi connectivity index (χ2n) is 4.25. The number of aryl methyl sites for hydroxylation is 1. The maximum Gasteiger partial charge on any atom is 0.201 e. The zero-order valence-electron chi connectivity index (χ0n) is 10.6. The van der Waals surface area contributed by atoms with Crippen molar-refractivity contribution < 1.29 is 9.53 Å². The van der Waals surface area contributed by atoms with Crippen molar-refractivity contribution in [3.05, 3.63) is 62.0 Å². The number of carbonyl (C=O) groups is 1. The van der Waals surface area contributed by atoms with Crippen LogP contribution in [0.25, 0.3) is 0 Å². The zero-order valence-corrected chi connectivity index (χ0v) is 13.7. The van der Waals surface area contributed by atoms with E-state index in [4.69, 9.17) is 27.9 Å². The standard InChI is InChI=1S/C15H11BrCl2O2/c1-9-6-10(16)2-5-15(9)20-8-14(19)12-4-3-11(17)7-13(12)18/h2-7H,8H2,1H3. The normalized spacial score (nSPS) is 10.4. The SMILES string of the molecule is Cc1cc(Br)ccc1OCC(=O)c1ccc(Cl)cc1Cl. The highest BCUT2D eigenvalue weighted by molar-refractivity contribution is 9.10. The van der Waals surface area contributed by atoms with Gasteiger partial charge in [-0.15, -0.1) is 0 Å². The summed E-state index contributed by atoms with van der Waals surface area (Å²) >= 11 is 15.2. The Morgan fingerprint density at radius 1 is 1.20 bits per heavy atom. The van der Waals surface area contributed by atoms with Crippen LogP contribution in [0, 0.1) is 6.92 Å². The van der Waals surface area contributed by atoms with E-state index in [1.54, 1.807) is 18.2 Å². The van der Waals surface area contributed by atoms with Gasteiger partial charge in [0.15, 0.2) is 6.61 Å². The van der Waals surface area contributed by atoms with Gasteiger partial charge in [0.1, 0.15) is 5.75 Å². The number of rotatable bonds is 4. The average Bonchev–Trinajstić information content (AvgIpc) is 2.37. The van der Waals surface area contributed by atoms with Gasteiger partial charge in [-0.1, -0.05) is 39.1 Å². The Kier molecular flexibility index (Phi) is 5.08. The molecule has 0 atom stereocenters. The van der Waals surface area contributed by atoms with Gasteiger partial charge >= 0.3 is 0 Å². The second kappa shape index (κ2) is 6.61. The van der Waals surface area contributed by atoms with Crippen molar-refractivity contribution in [3.8, 4) is 5.75 Å². The summed E-state index contributed by atoms with van der Waals surface area (Å²) in [4.78, 5) is 12.1. The van der Waals surface area contributed by atoms with Gasteiger partial charge in [0.2, 0.25) is 5.78 Å². The Morgan fingerprint density at radius 2 is 1.95 bits per heavy atom. The first kappa shape index (κ1) is 15.4. The number of hydrogen-bond donors (Lipinski definition) is 0. The number of Topliss-reactive ketones (excluding diaryl/α,β-unsaturated/α-hetero) is 1. The van der Waals surface area contributed by atoms with E-state index >= 15 is 0 Å². The highest BCUT2D eigenvalue weighted by Crippen LogP contribution is 2.24. The molecule has 0 heterocycles. The van der Waals surface area contributed by atoms with E-state index < -0.39 is 0 Å². The summed E-state index contributed by atoms with van der Waals surface area (Å²) < 4.78 is 6.50. The number of carbonyl (C=O) groups excluding carboxylic acids is 1. The smallest absolute Gasteiger partial charge is 0.201 e. The summed E-state index contributed by atoms with van der Waals surface area (Å²) in [5.41, 5.74) is 1.36. The van der Waals surface area contributed by atoms with Crippen LogP contribution in [-0.4, -0.2) is 12.4 Å². The molecule has 20 heavy (non-hydrogen) atoms. The van der Waals surface area contributed by atoms with Crippen LogP contribution in [0.1, 0.15) is 15.9 Å². The van der Waals surface area contributed by atoms with Gasteiger partial charge in [0.05, 0.1) is 5.02 Å². The van der Waals surface area contributed by atoms with Crippen molar-refractivity contribution in [2.24, 2.45) is 0 Å². The predicted molar refractivity (Wildman–Crippen MR) is 85.2 cm³/mol. The zero-order chi connectivity index (χ0) is 14.7. The Morgan fingerprint density at radius 3 is 2.60 bits per heavy atom. The molecule has 0 unspecified atom stereocenters. The van der Waals surface area contributed by atoms with Gasteiger partial charge in [-0.05, 0) is 48.9 Å². The summed E-state index contributed by atoms with van der Waals surface area (Å²) in [6, 6.07) is 10.4. The topological polar surface area (TPSA) is 26.3 Å². The van der Waals surface area contributed by atoms with Gasteiger partial charge in [-0.2, -0.15) is 0 Å². The molecule has 0 fully saturated rings. The minimum absolute atomic E-state index is 0.0657. The minimum atomic E-state index is -0.186. The van der Waals surface area contributed by atoms with Gasteiger partial charge in [-0.25, -0.2) is 0 Å². The monoisotopic (exact) mass is 372 g/mol. The summed E-state index contributed by atoms with van der Waals surface area (Å²) in [6.07, 6.45) is 0. The molecule has 0 radical (unpaired) electrons. The lowest BCUT2D eigenvalue weighted by molar-refractivity contribution is 0.0921. The van der Waals surface area contributed by atoms with E-state index in [0.29, 0.717) is 21.4 Å². The van der Waals surface area contributed by atoms with Crippen LogP contribution in [0.5, 0.6) is 5.75 Å². The van der Waals surface area contributed by atoms with Crippen molar-refractivity contribution in [2.75, 3.05) is 6.61 Å². The van der Waals surface area contributed by atoms with Gasteiger partial charge in [0, 0.05) is 15.1 Å². The first-order valence-electron chi connectivity index (χ1n) is 5.84. The Bertz CT molecular complexity index is 656. The van der Waals surface area contributed by atoms with Crippen LogP contribution in [0.4, 0.5) is 0 Å². The number of hydrogen-bond acceptors (Lipinski definition) is 2. The Hall–Kier alpha value is -1.03. The van der Waals surface area contributed by atoms with Crippen LogP contribution >= 0.6 is 39.1 Å². The first-order valence-corrected chi connectivity index (χ1v) is 7.39. The van der Waals surface area contributed by atoms with E-state index in [0.717, 1.165) is 10.0 Å². The molecule has 0 saturated heterocycles. The van der Waals surface area contributed by atoms with Crippen molar-refractivity contribution in [2.45, 2.75) is 6.92 Å². The molecule has 0 aliphatic rings. The van der Waals surface area contributed by atoms with Gasteiger partial charge in [-0.3, -0.25) is 4.79 Å².